The van der Waals surface area contributed by atoms with Crippen molar-refractivity contribution in [3.05, 3.63) is 71.7 Å². The van der Waals surface area contributed by atoms with Crippen molar-refractivity contribution in [3.8, 4) is 11.1 Å². The first-order valence-electron chi connectivity index (χ1n) is 11.3. The first kappa shape index (κ1) is 22.3. The lowest BCUT2D eigenvalue weighted by molar-refractivity contribution is 0.218. The van der Waals surface area contributed by atoms with Crippen molar-refractivity contribution in [2.75, 3.05) is 24.2 Å². The molecule has 0 bridgehead atoms. The number of nitrogen functional groups attached to an aromatic ring is 1. The molecule has 1 saturated heterocycles. The first-order valence-corrected chi connectivity index (χ1v) is 11.3. The van der Waals surface area contributed by atoms with Gasteiger partial charge in [-0.15, -0.1) is 0 Å². The van der Waals surface area contributed by atoms with Crippen LogP contribution in [0, 0.1) is 23.3 Å². The molecule has 1 saturated carbocycles. The predicted molar refractivity (Wildman–Crippen MR) is 125 cm³/mol. The molecule has 3 heterocycles. The molecule has 6 rings (SSSR count). The van der Waals surface area contributed by atoms with Crippen molar-refractivity contribution in [2.45, 2.75) is 24.9 Å². The second-order valence-corrected chi connectivity index (χ2v) is 9.11. The lowest BCUT2D eigenvalue weighted by Gasteiger charge is -2.18. The zero-order valence-electron chi connectivity index (χ0n) is 19.1. The molecule has 36 heavy (non-hydrogen) atoms. The highest BCUT2D eigenvalue weighted by atomic mass is 19.2. The highest BCUT2D eigenvalue weighted by Crippen LogP contribution is 2.43. The smallest absolute Gasteiger partial charge is 0.324 e. The largest absolute Gasteiger partial charge is 0.383 e. The monoisotopic (exact) mass is 496 g/mol. The van der Waals surface area contributed by atoms with E-state index in [0.717, 1.165) is 18.9 Å². The number of hydrogen-bond donors (Lipinski definition) is 1. The van der Waals surface area contributed by atoms with E-state index in [2.05, 4.69) is 9.97 Å². The van der Waals surface area contributed by atoms with Gasteiger partial charge in [0.05, 0.1) is 18.0 Å². The number of carbonyl (C=O) groups excluding carboxylic acids is 1. The van der Waals surface area contributed by atoms with Gasteiger partial charge in [0.1, 0.15) is 29.4 Å². The average Bonchev–Trinajstić information content (AvgIpc) is 3.55. The lowest BCUT2D eigenvalue weighted by atomic mass is 10.0. The van der Waals surface area contributed by atoms with Gasteiger partial charge < -0.3 is 15.2 Å². The number of amides is 2. The summed E-state index contributed by atoms with van der Waals surface area (Å²) in [6.07, 6.45) is 5.20. The minimum atomic E-state index is -1.31. The van der Waals surface area contributed by atoms with Gasteiger partial charge in [0.2, 0.25) is 0 Å². The lowest BCUT2D eigenvalue weighted by Crippen LogP contribution is -2.29. The predicted octanol–water partition coefficient (Wildman–Crippen LogP) is 5.18. The van der Waals surface area contributed by atoms with Gasteiger partial charge in [0, 0.05) is 47.7 Å². The van der Waals surface area contributed by atoms with Crippen LogP contribution in [-0.2, 0) is 0 Å². The average molecular weight is 496 g/mol. The van der Waals surface area contributed by atoms with Gasteiger partial charge in [0.25, 0.3) is 0 Å². The van der Waals surface area contributed by atoms with Gasteiger partial charge >= 0.3 is 6.03 Å². The van der Waals surface area contributed by atoms with Gasteiger partial charge in [-0.25, -0.2) is 32.3 Å². The van der Waals surface area contributed by atoms with E-state index in [0.29, 0.717) is 22.7 Å². The molecule has 0 spiro atoms. The number of hydrogen-bond acceptors (Lipinski definition) is 4. The third kappa shape index (κ3) is 3.37. The van der Waals surface area contributed by atoms with Crippen molar-refractivity contribution in [1.82, 2.24) is 19.4 Å². The van der Waals surface area contributed by atoms with Gasteiger partial charge in [-0.05, 0) is 37.1 Å². The number of benzene rings is 2. The molecule has 2 aromatic heterocycles. The quantitative estimate of drug-likeness (QED) is 0.312. The number of carbonyl (C=O) groups is 1. The molecule has 0 radical (unpaired) electrons. The number of fused-ring (bicyclic) bond motifs is 1. The zero-order valence-corrected chi connectivity index (χ0v) is 19.1. The second kappa shape index (κ2) is 7.94. The van der Waals surface area contributed by atoms with Gasteiger partial charge in [0.15, 0.2) is 11.6 Å². The molecule has 2 aliphatic rings. The third-order valence-corrected chi connectivity index (χ3v) is 6.89. The molecule has 1 aliphatic heterocycles. The summed E-state index contributed by atoms with van der Waals surface area (Å²) in [5.41, 5.74) is 7.66. The molecule has 1 atom stereocenters. The molecule has 4 aromatic rings. The zero-order chi connectivity index (χ0) is 25.3. The molecule has 2 fully saturated rings. The van der Waals surface area contributed by atoms with Crippen LogP contribution >= 0.6 is 0 Å². The van der Waals surface area contributed by atoms with E-state index in [1.165, 1.54) is 29.2 Å². The Kier molecular flexibility index (Phi) is 4.92. The Bertz CT molecular complexity index is 1550. The number of nitrogens with zero attached hydrogens (tertiary/aromatic N) is 5. The second-order valence-electron chi connectivity index (χ2n) is 9.11. The van der Waals surface area contributed by atoms with Crippen LogP contribution in [0.5, 0.6) is 0 Å². The van der Waals surface area contributed by atoms with Crippen LogP contribution < -0.4 is 10.6 Å². The SMILES string of the molecule is CN1C(=O)N(c2ccc(-c3cn(C4CC4)c4ncnc(N)c34)c(F)c2)CC1c1cc(F)c(F)cc1F. The number of aromatic nitrogens is 3. The number of urea groups is 1. The maximum Gasteiger partial charge on any atom is 0.324 e. The van der Waals surface area contributed by atoms with E-state index in [-0.39, 0.29) is 35.2 Å². The molecule has 1 aliphatic carbocycles. The Morgan fingerprint density at radius 2 is 1.69 bits per heavy atom. The Labute approximate surface area is 202 Å². The fourth-order valence-electron chi connectivity index (χ4n) is 4.85. The minimum absolute atomic E-state index is 0.0715. The summed E-state index contributed by atoms with van der Waals surface area (Å²) in [6, 6.07) is 4.40. The summed E-state index contributed by atoms with van der Waals surface area (Å²) >= 11 is 0. The molecule has 2 amide bonds. The van der Waals surface area contributed by atoms with Crippen molar-refractivity contribution >= 4 is 28.6 Å². The fraction of sp³-hybridized carbons (Fsp3) is 0.240. The molecule has 2 N–H and O–H groups in total. The maximum absolute atomic E-state index is 15.5. The summed E-state index contributed by atoms with van der Waals surface area (Å²) in [6.45, 7) is -0.0715. The number of halogens is 4. The minimum Gasteiger partial charge on any atom is -0.383 e. The van der Waals surface area contributed by atoms with E-state index in [1.807, 2.05) is 10.8 Å². The maximum atomic E-state index is 15.5. The van der Waals surface area contributed by atoms with Crippen LogP contribution in [0.25, 0.3) is 22.2 Å². The topological polar surface area (TPSA) is 80.3 Å². The van der Waals surface area contributed by atoms with Crippen molar-refractivity contribution in [1.29, 1.82) is 0 Å². The molecule has 7 nitrogen and oxygen atoms in total. The Balaban J connectivity index is 1.37. The fourth-order valence-corrected chi connectivity index (χ4v) is 4.85. The van der Waals surface area contributed by atoms with Crippen molar-refractivity contribution < 1.29 is 22.4 Å². The Hall–Kier alpha value is -4.15. The standard InChI is InChI=1S/C25H20F4N6O/c1-33-21(15-7-19(28)20(29)8-18(15)27)10-35(25(33)36)13-4-5-14(17(26)6-13)16-9-34(12-2-3-12)24-22(16)23(30)31-11-32-24/h4-9,11-12,21H,2-3,10H2,1H3,(H2,30,31,32). The highest BCUT2D eigenvalue weighted by Gasteiger charge is 2.38. The number of anilines is 2. The summed E-state index contributed by atoms with van der Waals surface area (Å²) in [4.78, 5) is 23.8. The van der Waals surface area contributed by atoms with Crippen LogP contribution in [0.1, 0.15) is 30.5 Å². The summed E-state index contributed by atoms with van der Waals surface area (Å²) in [5.74, 6) is -3.84. The normalized spacial score (nSPS) is 18.0. The van der Waals surface area contributed by atoms with E-state index in [1.54, 1.807) is 12.1 Å². The van der Waals surface area contributed by atoms with Crippen LogP contribution in [0.3, 0.4) is 0 Å². The van der Waals surface area contributed by atoms with Crippen LogP contribution in [0.2, 0.25) is 0 Å². The Morgan fingerprint density at radius 1 is 0.944 bits per heavy atom. The van der Waals surface area contributed by atoms with Gasteiger partial charge in [-0.1, -0.05) is 0 Å². The van der Waals surface area contributed by atoms with E-state index in [4.69, 9.17) is 5.73 Å². The van der Waals surface area contributed by atoms with E-state index in [9.17, 15) is 18.0 Å². The molecule has 2 aromatic carbocycles. The summed E-state index contributed by atoms with van der Waals surface area (Å²) in [5, 5.41) is 0.557. The number of nitrogens with two attached hydrogens (primary N) is 1. The molecular formula is C25H20F4N6O. The molecule has 1 unspecified atom stereocenters. The third-order valence-electron chi connectivity index (χ3n) is 6.89. The van der Waals surface area contributed by atoms with Crippen molar-refractivity contribution in [3.63, 3.8) is 0 Å². The van der Waals surface area contributed by atoms with Gasteiger partial charge in [-0.2, -0.15) is 0 Å². The van der Waals surface area contributed by atoms with Crippen LogP contribution in [-0.4, -0.2) is 39.1 Å². The van der Waals surface area contributed by atoms with E-state index < -0.39 is 35.3 Å². The van der Waals surface area contributed by atoms with Gasteiger partial charge in [-0.3, -0.25) is 4.90 Å². The first-order chi connectivity index (χ1) is 17.2. The number of likely N-dealkylation sites (N-methyl/N-ethyl adjacent to an activating group) is 1. The molecule has 184 valence electrons. The van der Waals surface area contributed by atoms with Crippen LogP contribution in [0.15, 0.2) is 42.9 Å². The molecular weight excluding hydrogens is 476 g/mol. The van der Waals surface area contributed by atoms with Crippen LogP contribution in [0.4, 0.5) is 33.9 Å². The van der Waals surface area contributed by atoms with E-state index >= 15 is 4.39 Å². The highest BCUT2D eigenvalue weighted by molar-refractivity contribution is 6.01. The summed E-state index contributed by atoms with van der Waals surface area (Å²) < 4.78 is 59.0. The molecule has 11 heteroatoms. The number of rotatable bonds is 4. The van der Waals surface area contributed by atoms with Crippen molar-refractivity contribution in [2.24, 2.45) is 0 Å². The summed E-state index contributed by atoms with van der Waals surface area (Å²) in [7, 11) is 1.42. The Morgan fingerprint density at radius 3 is 2.42 bits per heavy atom.